The SMILES string of the molecule is CC(C)(C)c1cc(C=C(C(=O)c2ccc(Cl)cc2Cl)n2cncn2)cc(C(C)(C)C)c1O. The fraction of sp³-hybridized carbons (Fsp3) is 0.320. The molecule has 1 aromatic heterocycles. The molecule has 3 aromatic rings. The van der Waals surface area contributed by atoms with Crippen LogP contribution in [0.2, 0.25) is 10.0 Å². The number of hydrogen-bond acceptors (Lipinski definition) is 4. The van der Waals surface area contributed by atoms with E-state index in [4.69, 9.17) is 23.2 Å². The summed E-state index contributed by atoms with van der Waals surface area (Å²) in [6, 6.07) is 8.55. The van der Waals surface area contributed by atoms with Crippen LogP contribution in [-0.4, -0.2) is 25.7 Å². The summed E-state index contributed by atoms with van der Waals surface area (Å²) in [6.45, 7) is 12.2. The minimum Gasteiger partial charge on any atom is -0.507 e. The van der Waals surface area contributed by atoms with Crippen molar-refractivity contribution < 1.29 is 9.90 Å². The number of Topliss-reactive ketones (excluding diaryl/α,β-unsaturated/α-hetero) is 1. The number of carbonyl (C=O) groups is 1. The first-order valence-corrected chi connectivity index (χ1v) is 11.0. The lowest BCUT2D eigenvalue weighted by Gasteiger charge is -2.28. The van der Waals surface area contributed by atoms with Gasteiger partial charge in [-0.2, -0.15) is 5.10 Å². The van der Waals surface area contributed by atoms with Crippen LogP contribution >= 0.6 is 23.2 Å². The Morgan fingerprint density at radius 1 is 1.00 bits per heavy atom. The standard InChI is InChI=1S/C25H27Cl2N3O2/c1-24(2,3)18-9-15(10-19(23(18)32)25(4,5)6)11-21(30-14-28-13-29-30)22(31)17-8-7-16(26)12-20(17)27/h7-14,32H,1-6H3. The number of aromatic hydroxyl groups is 1. The molecule has 0 saturated carbocycles. The number of halogens is 2. The molecule has 1 heterocycles. The maximum absolute atomic E-state index is 13.5. The molecule has 7 heteroatoms. The number of hydrogen-bond donors (Lipinski definition) is 1. The normalized spacial score (nSPS) is 12.8. The number of aromatic nitrogens is 3. The Morgan fingerprint density at radius 2 is 1.59 bits per heavy atom. The number of carbonyl (C=O) groups excluding carboxylic acids is 1. The van der Waals surface area contributed by atoms with Crippen LogP contribution < -0.4 is 0 Å². The highest BCUT2D eigenvalue weighted by Crippen LogP contribution is 2.40. The number of benzene rings is 2. The smallest absolute Gasteiger partial charge is 0.212 e. The van der Waals surface area contributed by atoms with Crippen LogP contribution in [0.25, 0.3) is 11.8 Å². The second-order valence-electron chi connectivity index (χ2n) is 9.79. The first-order valence-electron chi connectivity index (χ1n) is 10.2. The van der Waals surface area contributed by atoms with E-state index in [9.17, 15) is 9.90 Å². The fourth-order valence-electron chi connectivity index (χ4n) is 3.42. The van der Waals surface area contributed by atoms with E-state index in [2.05, 4.69) is 10.1 Å². The summed E-state index contributed by atoms with van der Waals surface area (Å²) < 4.78 is 1.41. The highest BCUT2D eigenvalue weighted by atomic mass is 35.5. The zero-order chi connectivity index (χ0) is 23.8. The Bertz CT molecular complexity index is 1150. The number of nitrogens with zero attached hydrogens (tertiary/aromatic N) is 3. The molecule has 0 fully saturated rings. The molecule has 0 amide bonds. The summed E-state index contributed by atoms with van der Waals surface area (Å²) in [5.74, 6) is -0.0450. The molecular formula is C25H27Cl2N3O2. The van der Waals surface area contributed by atoms with Crippen molar-refractivity contribution in [1.82, 2.24) is 14.8 Å². The van der Waals surface area contributed by atoms with Crippen molar-refractivity contribution in [1.29, 1.82) is 0 Å². The van der Waals surface area contributed by atoms with Crippen LogP contribution in [-0.2, 0) is 10.8 Å². The van der Waals surface area contributed by atoms with Gasteiger partial charge in [-0.3, -0.25) is 4.79 Å². The van der Waals surface area contributed by atoms with E-state index < -0.39 is 0 Å². The summed E-state index contributed by atoms with van der Waals surface area (Å²) in [4.78, 5) is 17.5. The van der Waals surface area contributed by atoms with Gasteiger partial charge < -0.3 is 5.11 Å². The molecular weight excluding hydrogens is 445 g/mol. The predicted molar refractivity (Wildman–Crippen MR) is 130 cm³/mol. The van der Waals surface area contributed by atoms with Crippen LogP contribution in [0.15, 0.2) is 43.0 Å². The number of rotatable bonds is 4. The Morgan fingerprint density at radius 3 is 2.06 bits per heavy atom. The van der Waals surface area contributed by atoms with Crippen LogP contribution in [0.1, 0.15) is 68.6 Å². The molecule has 0 unspecified atom stereocenters. The van der Waals surface area contributed by atoms with Crippen molar-refractivity contribution in [2.24, 2.45) is 0 Å². The maximum Gasteiger partial charge on any atom is 0.212 e. The van der Waals surface area contributed by atoms with E-state index in [1.54, 1.807) is 18.2 Å². The van der Waals surface area contributed by atoms with E-state index in [-0.39, 0.29) is 33.1 Å². The molecule has 3 rings (SSSR count). The van der Waals surface area contributed by atoms with Crippen molar-refractivity contribution in [3.63, 3.8) is 0 Å². The largest absolute Gasteiger partial charge is 0.507 e. The third kappa shape index (κ3) is 5.05. The lowest BCUT2D eigenvalue weighted by molar-refractivity contribution is 0.105. The van der Waals surface area contributed by atoms with Crippen LogP contribution in [0.5, 0.6) is 5.75 Å². The Balaban J connectivity index is 2.26. The number of allylic oxidation sites excluding steroid dienone is 1. The topological polar surface area (TPSA) is 68.0 Å². The van der Waals surface area contributed by atoms with Crippen LogP contribution in [0.3, 0.4) is 0 Å². The van der Waals surface area contributed by atoms with Crippen molar-refractivity contribution in [3.05, 3.63) is 75.3 Å². The monoisotopic (exact) mass is 471 g/mol. The van der Waals surface area contributed by atoms with Gasteiger partial charge in [-0.1, -0.05) is 64.7 Å². The third-order valence-electron chi connectivity index (χ3n) is 5.13. The summed E-state index contributed by atoms with van der Waals surface area (Å²) in [5.41, 5.74) is 2.34. The second-order valence-corrected chi connectivity index (χ2v) is 10.6. The average molecular weight is 472 g/mol. The van der Waals surface area contributed by atoms with Gasteiger partial charge in [0.25, 0.3) is 0 Å². The molecule has 0 radical (unpaired) electrons. The zero-order valence-corrected chi connectivity index (χ0v) is 20.6. The number of phenolic OH excluding ortho intramolecular Hbond substituents is 1. The molecule has 32 heavy (non-hydrogen) atoms. The fourth-order valence-corrected chi connectivity index (χ4v) is 3.92. The van der Waals surface area contributed by atoms with Gasteiger partial charge in [-0.25, -0.2) is 9.67 Å². The first-order chi connectivity index (χ1) is 14.8. The lowest BCUT2D eigenvalue weighted by Crippen LogP contribution is -2.17. The predicted octanol–water partition coefficient (Wildman–Crippen LogP) is 6.77. The van der Waals surface area contributed by atoms with Crippen LogP contribution in [0, 0.1) is 0 Å². The Kier molecular flexibility index (Phi) is 6.55. The van der Waals surface area contributed by atoms with E-state index in [1.165, 1.54) is 23.4 Å². The molecule has 0 spiro atoms. The zero-order valence-electron chi connectivity index (χ0n) is 19.1. The van der Waals surface area contributed by atoms with E-state index >= 15 is 0 Å². The lowest BCUT2D eigenvalue weighted by atomic mass is 9.78. The molecule has 0 aliphatic heterocycles. The first kappa shape index (κ1) is 24.0. The molecule has 0 aliphatic rings. The van der Waals surface area contributed by atoms with Gasteiger partial charge in [-0.05, 0) is 52.8 Å². The van der Waals surface area contributed by atoms with Crippen LogP contribution in [0.4, 0.5) is 0 Å². The third-order valence-corrected chi connectivity index (χ3v) is 5.67. The van der Waals surface area contributed by atoms with Gasteiger partial charge in [0.05, 0.1) is 5.02 Å². The summed E-state index contributed by atoms with van der Waals surface area (Å²) in [6.07, 6.45) is 4.57. The molecule has 0 atom stereocenters. The number of ketones is 1. The van der Waals surface area contributed by atoms with Crippen molar-refractivity contribution in [2.45, 2.75) is 52.4 Å². The number of phenols is 1. The average Bonchev–Trinajstić information content (AvgIpc) is 3.19. The van der Waals surface area contributed by atoms with E-state index in [1.807, 2.05) is 53.7 Å². The molecule has 2 aromatic carbocycles. The Labute approximate surface area is 198 Å². The molecule has 5 nitrogen and oxygen atoms in total. The van der Waals surface area contributed by atoms with Gasteiger partial charge in [0.1, 0.15) is 24.1 Å². The van der Waals surface area contributed by atoms with Crippen molar-refractivity contribution in [3.8, 4) is 5.75 Å². The van der Waals surface area contributed by atoms with E-state index in [0.717, 1.165) is 16.7 Å². The van der Waals surface area contributed by atoms with Gasteiger partial charge in [-0.15, -0.1) is 0 Å². The summed E-state index contributed by atoms with van der Waals surface area (Å²) in [5, 5.41) is 15.9. The summed E-state index contributed by atoms with van der Waals surface area (Å²) >= 11 is 12.3. The molecule has 1 N–H and O–H groups in total. The Hall–Kier alpha value is -2.63. The maximum atomic E-state index is 13.5. The van der Waals surface area contributed by atoms with Gasteiger partial charge >= 0.3 is 0 Å². The van der Waals surface area contributed by atoms with Gasteiger partial charge in [0.15, 0.2) is 0 Å². The van der Waals surface area contributed by atoms with Crippen molar-refractivity contribution >= 4 is 40.8 Å². The highest BCUT2D eigenvalue weighted by Gasteiger charge is 2.27. The minimum absolute atomic E-state index is 0.255. The molecule has 0 saturated heterocycles. The minimum atomic E-state index is -0.320. The van der Waals surface area contributed by atoms with Gasteiger partial charge in [0.2, 0.25) is 5.78 Å². The van der Waals surface area contributed by atoms with Gasteiger partial charge in [0, 0.05) is 21.7 Å². The summed E-state index contributed by atoms with van der Waals surface area (Å²) in [7, 11) is 0. The second kappa shape index (κ2) is 8.72. The van der Waals surface area contributed by atoms with Crippen molar-refractivity contribution in [2.75, 3.05) is 0 Å². The molecule has 0 aliphatic carbocycles. The van der Waals surface area contributed by atoms with E-state index in [0.29, 0.717) is 10.6 Å². The quantitative estimate of drug-likeness (QED) is 0.336. The molecule has 168 valence electrons. The molecule has 0 bridgehead atoms. The highest BCUT2D eigenvalue weighted by molar-refractivity contribution is 6.40.